The van der Waals surface area contributed by atoms with Gasteiger partial charge in [0.05, 0.1) is 12.3 Å². The Balaban J connectivity index is 1.14. The summed E-state index contributed by atoms with van der Waals surface area (Å²) >= 11 is 9.56. The highest BCUT2D eigenvalue weighted by molar-refractivity contribution is 9.10. The fraction of sp³-hybridized carbons (Fsp3) is 0.361. The number of rotatable bonds is 8. The van der Waals surface area contributed by atoms with Crippen molar-refractivity contribution in [1.82, 2.24) is 5.32 Å². The fourth-order valence-electron chi connectivity index (χ4n) is 8.26. The average Bonchev–Trinajstić information content (AvgIpc) is 3.00. The lowest BCUT2D eigenvalue weighted by Crippen LogP contribution is -2.54. The third-order valence-electron chi connectivity index (χ3n) is 9.85. The van der Waals surface area contributed by atoms with Crippen LogP contribution >= 0.6 is 27.5 Å². The van der Waals surface area contributed by atoms with E-state index in [2.05, 4.69) is 33.4 Å². The van der Waals surface area contributed by atoms with Gasteiger partial charge in [0.2, 0.25) is 0 Å². The smallest absolute Gasteiger partial charge is 0.335 e. The van der Waals surface area contributed by atoms with Crippen LogP contribution in [0.3, 0.4) is 0 Å². The Bertz CT molecular complexity index is 1670. The number of carbonyl (C=O) groups is 3. The summed E-state index contributed by atoms with van der Waals surface area (Å²) < 4.78 is 12.5. The number of amides is 4. The summed E-state index contributed by atoms with van der Waals surface area (Å²) in [6.07, 6.45) is 9.25. The molecule has 8 rings (SSSR count). The number of carbonyl (C=O) groups excluding carboxylic acids is 3. The van der Waals surface area contributed by atoms with E-state index in [1.54, 1.807) is 24.3 Å². The Hall–Kier alpha value is -3.62. The Labute approximate surface area is 276 Å². The molecule has 0 radical (unpaired) electrons. The van der Waals surface area contributed by atoms with Crippen molar-refractivity contribution >= 4 is 57.1 Å². The molecule has 1 N–H and O–H groups in total. The second-order valence-corrected chi connectivity index (χ2v) is 14.2. The largest absolute Gasteiger partial charge is 0.490 e. The standard InChI is InChI=1S/C36H34BrClN2O5/c1-2-44-31-15-25(30(37)16-32(31)45-20-21-3-7-27(38)8-4-21)14-29-33(41)39-35(43)40(34(29)42)28-9-5-26(6-10-28)36-17-22-11-23(18-36)13-24(12-22)19-36/h3-10,14-16,22-24H,2,11-13,17-20H2,1H3,(H,39,41,43)/b29-14+. The van der Waals surface area contributed by atoms with Gasteiger partial charge < -0.3 is 9.47 Å². The van der Waals surface area contributed by atoms with Crippen LogP contribution in [0, 0.1) is 17.8 Å². The van der Waals surface area contributed by atoms with Crippen LogP contribution in [0.25, 0.3) is 6.08 Å². The first-order valence-corrected chi connectivity index (χ1v) is 16.7. The van der Waals surface area contributed by atoms with Crippen LogP contribution in [0.15, 0.2) is 70.7 Å². The fourth-order valence-corrected chi connectivity index (χ4v) is 8.82. The number of imide groups is 2. The molecule has 1 heterocycles. The number of ether oxygens (including phenoxy) is 2. The topological polar surface area (TPSA) is 84.9 Å². The zero-order chi connectivity index (χ0) is 31.3. The van der Waals surface area contributed by atoms with Crippen molar-refractivity contribution in [1.29, 1.82) is 0 Å². The van der Waals surface area contributed by atoms with Crippen LogP contribution < -0.4 is 19.7 Å². The average molecular weight is 690 g/mol. The van der Waals surface area contributed by atoms with Crippen LogP contribution in [-0.2, 0) is 21.6 Å². The maximum absolute atomic E-state index is 13.7. The van der Waals surface area contributed by atoms with Gasteiger partial charge in [-0.25, -0.2) is 9.69 Å². The minimum Gasteiger partial charge on any atom is -0.490 e. The quantitative estimate of drug-likeness (QED) is 0.190. The van der Waals surface area contributed by atoms with Crippen molar-refractivity contribution in [2.75, 3.05) is 11.5 Å². The van der Waals surface area contributed by atoms with Crippen LogP contribution in [0.4, 0.5) is 10.5 Å². The Morgan fingerprint density at radius 2 is 1.53 bits per heavy atom. The highest BCUT2D eigenvalue weighted by Crippen LogP contribution is 2.60. The molecule has 0 unspecified atom stereocenters. The lowest BCUT2D eigenvalue weighted by Gasteiger charge is -2.57. The van der Waals surface area contributed by atoms with Gasteiger partial charge in [0, 0.05) is 9.50 Å². The van der Waals surface area contributed by atoms with Gasteiger partial charge >= 0.3 is 6.03 Å². The van der Waals surface area contributed by atoms with Gasteiger partial charge in [-0.3, -0.25) is 14.9 Å². The molecule has 0 spiro atoms. The third kappa shape index (κ3) is 5.79. The summed E-state index contributed by atoms with van der Waals surface area (Å²) in [5.41, 5.74) is 3.25. The Kier molecular flexibility index (Phi) is 7.98. The van der Waals surface area contributed by atoms with E-state index in [1.165, 1.54) is 50.2 Å². The molecule has 232 valence electrons. The minimum absolute atomic E-state index is 0.155. The minimum atomic E-state index is -0.760. The number of hydrogen-bond donors (Lipinski definition) is 1. The molecular weight excluding hydrogens is 656 g/mol. The molecule has 5 fully saturated rings. The van der Waals surface area contributed by atoms with Crippen LogP contribution in [0.5, 0.6) is 11.5 Å². The van der Waals surface area contributed by atoms with Gasteiger partial charge in [0.25, 0.3) is 11.8 Å². The van der Waals surface area contributed by atoms with Crippen molar-refractivity contribution in [3.05, 3.63) is 92.4 Å². The molecule has 4 bridgehead atoms. The lowest BCUT2D eigenvalue weighted by atomic mass is 9.48. The predicted molar refractivity (Wildman–Crippen MR) is 176 cm³/mol. The zero-order valence-electron chi connectivity index (χ0n) is 25.0. The highest BCUT2D eigenvalue weighted by Gasteiger charge is 2.51. The second kappa shape index (κ2) is 12.0. The molecule has 1 saturated heterocycles. The Morgan fingerprint density at radius 3 is 2.16 bits per heavy atom. The van der Waals surface area contributed by atoms with E-state index in [4.69, 9.17) is 21.1 Å². The summed E-state index contributed by atoms with van der Waals surface area (Å²) in [5.74, 6) is 1.97. The number of urea groups is 1. The number of nitrogens with one attached hydrogen (secondary N) is 1. The zero-order valence-corrected chi connectivity index (χ0v) is 27.3. The van der Waals surface area contributed by atoms with E-state index in [-0.39, 0.29) is 11.0 Å². The SMILES string of the molecule is CCOc1cc(/C=C2\C(=O)NC(=O)N(c3ccc(C45CC6CC(CC(C6)C4)C5)cc3)C2=O)c(Br)cc1OCc1ccc(Cl)cc1. The van der Waals surface area contributed by atoms with Crippen molar-refractivity contribution in [3.8, 4) is 11.5 Å². The van der Waals surface area contributed by atoms with Crippen LogP contribution in [0.2, 0.25) is 5.02 Å². The molecule has 4 amide bonds. The third-order valence-corrected chi connectivity index (χ3v) is 10.8. The van der Waals surface area contributed by atoms with E-state index in [0.717, 1.165) is 28.2 Å². The molecule has 3 aromatic carbocycles. The van der Waals surface area contributed by atoms with Crippen LogP contribution in [-0.4, -0.2) is 24.5 Å². The normalized spacial score (nSPS) is 26.4. The molecule has 0 atom stereocenters. The molecule has 45 heavy (non-hydrogen) atoms. The highest BCUT2D eigenvalue weighted by atomic mass is 79.9. The molecule has 3 aromatic rings. The molecule has 4 aliphatic carbocycles. The van der Waals surface area contributed by atoms with E-state index in [9.17, 15) is 14.4 Å². The van der Waals surface area contributed by atoms with Gasteiger partial charge in [-0.1, -0.05) is 51.8 Å². The second-order valence-electron chi connectivity index (χ2n) is 12.9. The number of halogens is 2. The lowest BCUT2D eigenvalue weighted by molar-refractivity contribution is -0.122. The number of hydrogen-bond acceptors (Lipinski definition) is 5. The van der Waals surface area contributed by atoms with E-state index in [0.29, 0.717) is 45.5 Å². The van der Waals surface area contributed by atoms with Gasteiger partial charge in [-0.05, 0) is 128 Å². The number of nitrogens with zero attached hydrogens (tertiary/aromatic N) is 1. The van der Waals surface area contributed by atoms with Gasteiger partial charge in [0.15, 0.2) is 11.5 Å². The maximum atomic E-state index is 13.7. The molecule has 9 heteroatoms. The van der Waals surface area contributed by atoms with E-state index in [1.807, 2.05) is 31.2 Å². The van der Waals surface area contributed by atoms with Gasteiger partial charge in [0.1, 0.15) is 12.2 Å². The molecule has 5 aliphatic rings. The summed E-state index contributed by atoms with van der Waals surface area (Å²) in [5, 5.41) is 2.99. The Morgan fingerprint density at radius 1 is 0.911 bits per heavy atom. The summed E-state index contributed by atoms with van der Waals surface area (Å²) in [7, 11) is 0. The van der Waals surface area contributed by atoms with E-state index >= 15 is 0 Å². The van der Waals surface area contributed by atoms with Crippen molar-refractivity contribution < 1.29 is 23.9 Å². The summed E-state index contributed by atoms with van der Waals surface area (Å²) in [6, 6.07) is 17.9. The first kappa shape index (κ1) is 30.1. The number of anilines is 1. The van der Waals surface area contributed by atoms with Crippen molar-refractivity contribution in [3.63, 3.8) is 0 Å². The van der Waals surface area contributed by atoms with Crippen molar-refractivity contribution in [2.24, 2.45) is 17.8 Å². The molecule has 0 aromatic heterocycles. The van der Waals surface area contributed by atoms with E-state index < -0.39 is 17.8 Å². The first-order chi connectivity index (χ1) is 21.7. The predicted octanol–water partition coefficient (Wildman–Crippen LogP) is 8.21. The van der Waals surface area contributed by atoms with Gasteiger partial charge in [-0.15, -0.1) is 0 Å². The molecule has 7 nitrogen and oxygen atoms in total. The molecule has 1 aliphatic heterocycles. The molecular formula is C36H34BrClN2O5. The number of benzene rings is 3. The van der Waals surface area contributed by atoms with Crippen LogP contribution in [0.1, 0.15) is 62.1 Å². The van der Waals surface area contributed by atoms with Crippen molar-refractivity contribution in [2.45, 2.75) is 57.5 Å². The summed E-state index contributed by atoms with van der Waals surface area (Å²) in [6.45, 7) is 2.54. The number of barbiturate groups is 1. The molecule has 4 saturated carbocycles. The first-order valence-electron chi connectivity index (χ1n) is 15.6. The summed E-state index contributed by atoms with van der Waals surface area (Å²) in [4.78, 5) is 40.7. The maximum Gasteiger partial charge on any atom is 0.335 e. The van der Waals surface area contributed by atoms with Gasteiger partial charge in [-0.2, -0.15) is 0 Å². The monoisotopic (exact) mass is 688 g/mol.